The van der Waals surface area contributed by atoms with Crippen LogP contribution < -0.4 is 10.6 Å². The van der Waals surface area contributed by atoms with Crippen LogP contribution in [0.1, 0.15) is 30.6 Å². The fourth-order valence-corrected chi connectivity index (χ4v) is 1.51. The second-order valence-corrected chi connectivity index (χ2v) is 4.84. The zero-order chi connectivity index (χ0) is 15.2. The molecule has 0 spiro atoms. The van der Waals surface area contributed by atoms with Gasteiger partial charge in [0, 0.05) is 12.1 Å². The van der Waals surface area contributed by atoms with Gasteiger partial charge in [0.1, 0.15) is 5.54 Å². The fourth-order valence-electron chi connectivity index (χ4n) is 1.51. The van der Waals surface area contributed by atoms with Crippen LogP contribution in [-0.2, 0) is 9.59 Å². The molecule has 0 aliphatic rings. The number of nitrogens with one attached hydrogen (secondary N) is 2. The van der Waals surface area contributed by atoms with Crippen LogP contribution >= 0.6 is 0 Å². The lowest BCUT2D eigenvalue weighted by Crippen LogP contribution is -2.55. The first-order valence-electron chi connectivity index (χ1n) is 6.20. The maximum Gasteiger partial charge on any atom is 0.305 e. The molecule has 0 heterocycles. The molecule has 0 unspecified atom stereocenters. The highest BCUT2D eigenvalue weighted by Crippen LogP contribution is 2.06. The van der Waals surface area contributed by atoms with E-state index in [1.165, 1.54) is 0 Å². The van der Waals surface area contributed by atoms with E-state index in [1.807, 2.05) is 0 Å². The van der Waals surface area contributed by atoms with Crippen molar-refractivity contribution >= 4 is 17.8 Å². The average molecular weight is 278 g/mol. The Morgan fingerprint density at radius 3 is 2.30 bits per heavy atom. The second kappa shape index (κ2) is 6.70. The molecule has 6 heteroatoms. The van der Waals surface area contributed by atoms with Crippen LogP contribution in [0.5, 0.6) is 0 Å². The summed E-state index contributed by atoms with van der Waals surface area (Å²) >= 11 is 0. The molecule has 1 rings (SSSR count). The Morgan fingerprint density at radius 1 is 1.15 bits per heavy atom. The molecule has 0 bridgehead atoms. The van der Waals surface area contributed by atoms with E-state index in [4.69, 9.17) is 5.11 Å². The third-order valence-electron chi connectivity index (χ3n) is 2.65. The number of carboxylic acid groups (broad SMARTS) is 1. The van der Waals surface area contributed by atoms with Crippen molar-refractivity contribution in [3.63, 3.8) is 0 Å². The SMILES string of the molecule is CC(C)(NC(=O)c1ccccc1)C(=O)NCCC(=O)O. The lowest BCUT2D eigenvalue weighted by Gasteiger charge is -2.25. The zero-order valence-corrected chi connectivity index (χ0v) is 11.5. The number of amides is 2. The van der Waals surface area contributed by atoms with Crippen molar-refractivity contribution in [3.05, 3.63) is 35.9 Å². The molecule has 1 aromatic rings. The smallest absolute Gasteiger partial charge is 0.305 e. The first kappa shape index (κ1) is 15.7. The van der Waals surface area contributed by atoms with Gasteiger partial charge in [0.05, 0.1) is 6.42 Å². The molecule has 0 aliphatic heterocycles. The van der Waals surface area contributed by atoms with E-state index in [2.05, 4.69) is 10.6 Å². The van der Waals surface area contributed by atoms with Crippen LogP contribution in [0.25, 0.3) is 0 Å². The van der Waals surface area contributed by atoms with E-state index < -0.39 is 17.4 Å². The average Bonchev–Trinajstić information content (AvgIpc) is 2.38. The van der Waals surface area contributed by atoms with Crippen LogP contribution in [0.3, 0.4) is 0 Å². The molecule has 0 aliphatic carbocycles. The van der Waals surface area contributed by atoms with E-state index in [9.17, 15) is 14.4 Å². The summed E-state index contributed by atoms with van der Waals surface area (Å²) in [5.74, 6) is -1.77. The Hall–Kier alpha value is -2.37. The number of benzene rings is 1. The minimum absolute atomic E-state index is 0.0266. The van der Waals surface area contributed by atoms with Crippen molar-refractivity contribution in [1.29, 1.82) is 0 Å². The third-order valence-corrected chi connectivity index (χ3v) is 2.65. The zero-order valence-electron chi connectivity index (χ0n) is 11.5. The summed E-state index contributed by atoms with van der Waals surface area (Å²) in [5.41, 5.74) is -0.662. The number of carbonyl (C=O) groups is 3. The van der Waals surface area contributed by atoms with Gasteiger partial charge in [-0.25, -0.2) is 0 Å². The van der Waals surface area contributed by atoms with Crippen molar-refractivity contribution in [2.24, 2.45) is 0 Å². The molecule has 3 N–H and O–H groups in total. The van der Waals surface area contributed by atoms with Crippen LogP contribution in [0.4, 0.5) is 0 Å². The van der Waals surface area contributed by atoms with Crippen molar-refractivity contribution in [1.82, 2.24) is 10.6 Å². The molecule has 108 valence electrons. The molecule has 20 heavy (non-hydrogen) atoms. The minimum atomic E-state index is -1.12. The monoisotopic (exact) mass is 278 g/mol. The normalized spacial score (nSPS) is 10.7. The second-order valence-electron chi connectivity index (χ2n) is 4.84. The van der Waals surface area contributed by atoms with Gasteiger partial charge in [-0.05, 0) is 26.0 Å². The van der Waals surface area contributed by atoms with E-state index in [0.717, 1.165) is 0 Å². The van der Waals surface area contributed by atoms with E-state index in [0.29, 0.717) is 5.56 Å². The van der Waals surface area contributed by atoms with E-state index >= 15 is 0 Å². The van der Waals surface area contributed by atoms with Gasteiger partial charge in [0.2, 0.25) is 5.91 Å². The summed E-state index contributed by atoms with van der Waals surface area (Å²) in [7, 11) is 0. The predicted molar refractivity (Wildman–Crippen MR) is 73.2 cm³/mol. The number of aliphatic carboxylic acids is 1. The number of hydrogen-bond donors (Lipinski definition) is 3. The molecule has 0 saturated heterocycles. The molecule has 0 aromatic heterocycles. The summed E-state index contributed by atoms with van der Waals surface area (Å²) in [5, 5.41) is 13.6. The maximum atomic E-state index is 12.0. The van der Waals surface area contributed by atoms with Gasteiger partial charge >= 0.3 is 5.97 Å². The van der Waals surface area contributed by atoms with Gasteiger partial charge in [-0.15, -0.1) is 0 Å². The van der Waals surface area contributed by atoms with Gasteiger partial charge in [0.25, 0.3) is 5.91 Å². The van der Waals surface area contributed by atoms with Crippen molar-refractivity contribution < 1.29 is 19.5 Å². The topological polar surface area (TPSA) is 95.5 Å². The van der Waals surface area contributed by atoms with Crippen LogP contribution in [-0.4, -0.2) is 35.0 Å². The molecular weight excluding hydrogens is 260 g/mol. The Morgan fingerprint density at radius 2 is 1.75 bits per heavy atom. The summed E-state index contributed by atoms with van der Waals surface area (Å²) in [6.07, 6.45) is -0.158. The summed E-state index contributed by atoms with van der Waals surface area (Å²) < 4.78 is 0. The quantitative estimate of drug-likeness (QED) is 0.716. The van der Waals surface area contributed by atoms with E-state index in [-0.39, 0.29) is 18.9 Å². The van der Waals surface area contributed by atoms with Gasteiger partial charge in [-0.1, -0.05) is 18.2 Å². The molecule has 6 nitrogen and oxygen atoms in total. The minimum Gasteiger partial charge on any atom is -0.481 e. The molecule has 2 amide bonds. The Balaban J connectivity index is 2.58. The molecule has 0 atom stereocenters. The highest BCUT2D eigenvalue weighted by Gasteiger charge is 2.29. The molecular formula is C14H18N2O4. The van der Waals surface area contributed by atoms with Gasteiger partial charge in [-0.3, -0.25) is 14.4 Å². The standard InChI is InChI=1S/C14H18N2O4/c1-14(2,13(20)15-9-8-11(17)18)16-12(19)10-6-4-3-5-7-10/h3-7H,8-9H2,1-2H3,(H,15,20)(H,16,19)(H,17,18). The Bertz CT molecular complexity index is 497. The fraction of sp³-hybridized carbons (Fsp3) is 0.357. The summed E-state index contributed by atoms with van der Waals surface area (Å²) in [6, 6.07) is 8.55. The number of carboxylic acids is 1. The number of carbonyl (C=O) groups excluding carboxylic acids is 2. The molecule has 0 radical (unpaired) electrons. The molecule has 0 saturated carbocycles. The lowest BCUT2D eigenvalue weighted by atomic mass is 10.0. The van der Waals surface area contributed by atoms with Crippen molar-refractivity contribution in [2.75, 3.05) is 6.54 Å². The molecule has 1 aromatic carbocycles. The van der Waals surface area contributed by atoms with Crippen molar-refractivity contribution in [2.45, 2.75) is 25.8 Å². The van der Waals surface area contributed by atoms with Gasteiger partial charge in [0.15, 0.2) is 0 Å². The van der Waals surface area contributed by atoms with Crippen LogP contribution in [0.15, 0.2) is 30.3 Å². The van der Waals surface area contributed by atoms with Crippen LogP contribution in [0, 0.1) is 0 Å². The third kappa shape index (κ3) is 4.72. The first-order chi connectivity index (χ1) is 9.33. The largest absolute Gasteiger partial charge is 0.481 e. The lowest BCUT2D eigenvalue weighted by molar-refractivity contribution is -0.137. The Kier molecular flexibility index (Phi) is 5.25. The maximum absolute atomic E-state index is 12.0. The number of rotatable bonds is 6. The highest BCUT2D eigenvalue weighted by molar-refractivity contribution is 5.98. The first-order valence-corrected chi connectivity index (χ1v) is 6.20. The molecule has 0 fully saturated rings. The highest BCUT2D eigenvalue weighted by atomic mass is 16.4. The van der Waals surface area contributed by atoms with Gasteiger partial charge < -0.3 is 15.7 Å². The van der Waals surface area contributed by atoms with Crippen molar-refractivity contribution in [3.8, 4) is 0 Å². The predicted octanol–water partition coefficient (Wildman–Crippen LogP) is 0.786. The Labute approximate surface area is 117 Å². The summed E-state index contributed by atoms with van der Waals surface area (Å²) in [4.78, 5) is 34.2. The summed E-state index contributed by atoms with van der Waals surface area (Å²) in [6.45, 7) is 3.15. The number of hydrogen-bond acceptors (Lipinski definition) is 3. The van der Waals surface area contributed by atoms with E-state index in [1.54, 1.807) is 44.2 Å². The van der Waals surface area contributed by atoms with Gasteiger partial charge in [-0.2, -0.15) is 0 Å². The van der Waals surface area contributed by atoms with Crippen LogP contribution in [0.2, 0.25) is 0 Å².